The van der Waals surface area contributed by atoms with E-state index in [0.717, 1.165) is 24.3 Å². The first-order valence-electron chi connectivity index (χ1n) is 4.49. The van der Waals surface area contributed by atoms with Crippen molar-refractivity contribution in [2.24, 2.45) is 0 Å². The van der Waals surface area contributed by atoms with Crippen LogP contribution in [0.3, 0.4) is 0 Å². The normalized spacial score (nSPS) is 10.5. The molecule has 2 aromatic carbocycles. The van der Waals surface area contributed by atoms with Crippen LogP contribution in [0.5, 0.6) is 0 Å². The van der Waals surface area contributed by atoms with Gasteiger partial charge in [-0.15, -0.1) is 0 Å². The van der Waals surface area contributed by atoms with Crippen molar-refractivity contribution in [2.45, 2.75) is 0 Å². The highest BCUT2D eigenvalue weighted by molar-refractivity contribution is 6.33. The highest BCUT2D eigenvalue weighted by atomic mass is 35.5. The van der Waals surface area contributed by atoms with Gasteiger partial charge in [-0.25, -0.2) is 13.2 Å². The lowest BCUT2D eigenvalue weighted by Gasteiger charge is -2.07. The summed E-state index contributed by atoms with van der Waals surface area (Å²) < 4.78 is 39.6. The molecule has 0 amide bonds. The predicted octanol–water partition coefficient (Wildman–Crippen LogP) is 4.42. The minimum Gasteiger partial charge on any atom is -0.207 e. The van der Waals surface area contributed by atoms with Crippen molar-refractivity contribution in [3.05, 3.63) is 58.9 Å². The van der Waals surface area contributed by atoms with E-state index in [1.165, 1.54) is 12.1 Å². The second kappa shape index (κ2) is 4.18. The van der Waals surface area contributed by atoms with E-state index in [1.54, 1.807) is 0 Å². The average molecular weight is 243 g/mol. The van der Waals surface area contributed by atoms with Crippen LogP contribution in [0.25, 0.3) is 11.1 Å². The minimum atomic E-state index is -0.728. The van der Waals surface area contributed by atoms with E-state index < -0.39 is 17.5 Å². The summed E-state index contributed by atoms with van der Waals surface area (Å²) in [6, 6.07) is 6.87. The molecule has 0 N–H and O–H groups in total. The molecule has 0 heterocycles. The molecule has 16 heavy (non-hydrogen) atoms. The first kappa shape index (κ1) is 11.0. The summed E-state index contributed by atoms with van der Waals surface area (Å²) in [6.45, 7) is 0. The SMILES string of the molecule is Fc1ccc(-c2c(F)cccc2F)c(Cl)c1. The Morgan fingerprint density at radius 2 is 1.50 bits per heavy atom. The molecule has 0 spiro atoms. The van der Waals surface area contributed by atoms with Crippen LogP contribution in [0.1, 0.15) is 0 Å². The fourth-order valence-corrected chi connectivity index (χ4v) is 1.71. The van der Waals surface area contributed by atoms with Gasteiger partial charge < -0.3 is 0 Å². The lowest BCUT2D eigenvalue weighted by Crippen LogP contribution is -1.90. The Kier molecular flexibility index (Phi) is 2.88. The molecule has 0 aliphatic carbocycles. The second-order valence-electron chi connectivity index (χ2n) is 3.22. The fraction of sp³-hybridized carbons (Fsp3) is 0. The number of hydrogen-bond acceptors (Lipinski definition) is 0. The number of benzene rings is 2. The third-order valence-corrected chi connectivity index (χ3v) is 2.48. The fourth-order valence-electron chi connectivity index (χ4n) is 1.45. The molecule has 0 fully saturated rings. The van der Waals surface area contributed by atoms with E-state index >= 15 is 0 Å². The van der Waals surface area contributed by atoms with E-state index in [4.69, 9.17) is 11.6 Å². The van der Waals surface area contributed by atoms with Gasteiger partial charge in [0.05, 0.1) is 10.6 Å². The van der Waals surface area contributed by atoms with E-state index in [1.807, 2.05) is 0 Å². The molecule has 0 aliphatic heterocycles. The second-order valence-corrected chi connectivity index (χ2v) is 3.63. The Morgan fingerprint density at radius 1 is 0.875 bits per heavy atom. The third kappa shape index (κ3) is 1.91. The van der Waals surface area contributed by atoms with E-state index in [9.17, 15) is 13.2 Å². The predicted molar refractivity (Wildman–Crippen MR) is 56.8 cm³/mol. The molecule has 2 rings (SSSR count). The van der Waals surface area contributed by atoms with Gasteiger partial charge >= 0.3 is 0 Å². The van der Waals surface area contributed by atoms with Crippen LogP contribution in [0.4, 0.5) is 13.2 Å². The number of halogens is 4. The Bertz CT molecular complexity index is 518. The summed E-state index contributed by atoms with van der Waals surface area (Å²) in [5.41, 5.74) is -0.105. The minimum absolute atomic E-state index is 0.0241. The van der Waals surface area contributed by atoms with Crippen LogP contribution >= 0.6 is 11.6 Å². The van der Waals surface area contributed by atoms with Crippen molar-refractivity contribution in [1.82, 2.24) is 0 Å². The lowest BCUT2D eigenvalue weighted by molar-refractivity contribution is 0.589. The smallest absolute Gasteiger partial charge is 0.134 e. The summed E-state index contributed by atoms with van der Waals surface area (Å²) in [4.78, 5) is 0. The maximum Gasteiger partial charge on any atom is 0.134 e. The zero-order chi connectivity index (χ0) is 11.7. The highest BCUT2D eigenvalue weighted by Gasteiger charge is 2.14. The molecule has 0 saturated carbocycles. The standard InChI is InChI=1S/C12H6ClF3/c13-9-6-7(14)4-5-8(9)12-10(15)2-1-3-11(12)16/h1-6H. The number of rotatable bonds is 1. The van der Waals surface area contributed by atoms with Crippen LogP contribution in [0, 0.1) is 17.5 Å². The van der Waals surface area contributed by atoms with Gasteiger partial charge in [0.1, 0.15) is 17.5 Å². The molecule has 82 valence electrons. The molecule has 0 radical (unpaired) electrons. The summed E-state index contributed by atoms with van der Waals surface area (Å²) in [6.07, 6.45) is 0. The molecule has 0 atom stereocenters. The molecule has 0 bridgehead atoms. The van der Waals surface area contributed by atoms with Crippen LogP contribution in [0.15, 0.2) is 36.4 Å². The van der Waals surface area contributed by atoms with Crippen molar-refractivity contribution in [1.29, 1.82) is 0 Å². The van der Waals surface area contributed by atoms with Gasteiger partial charge in [-0.3, -0.25) is 0 Å². The van der Waals surface area contributed by atoms with Gasteiger partial charge in [0.15, 0.2) is 0 Å². The molecule has 0 aliphatic rings. The van der Waals surface area contributed by atoms with Crippen LogP contribution < -0.4 is 0 Å². The van der Waals surface area contributed by atoms with Crippen LogP contribution in [0.2, 0.25) is 5.02 Å². The third-order valence-electron chi connectivity index (χ3n) is 2.16. The van der Waals surface area contributed by atoms with Gasteiger partial charge in [-0.2, -0.15) is 0 Å². The molecule has 0 unspecified atom stereocenters. The van der Waals surface area contributed by atoms with Crippen molar-refractivity contribution in [3.8, 4) is 11.1 Å². The summed E-state index contributed by atoms with van der Waals surface area (Å²) in [5.74, 6) is -2.01. The zero-order valence-electron chi connectivity index (χ0n) is 7.98. The lowest BCUT2D eigenvalue weighted by atomic mass is 10.0. The molecule has 0 saturated heterocycles. The quantitative estimate of drug-likeness (QED) is 0.694. The maximum absolute atomic E-state index is 13.4. The Hall–Kier alpha value is -1.48. The van der Waals surface area contributed by atoms with Gasteiger partial charge in [0, 0.05) is 5.56 Å². The van der Waals surface area contributed by atoms with Crippen LogP contribution in [-0.2, 0) is 0 Å². The summed E-state index contributed by atoms with van der Waals surface area (Å²) in [5, 5.41) is -0.0241. The van der Waals surface area contributed by atoms with E-state index in [-0.39, 0.29) is 16.1 Å². The average Bonchev–Trinajstić information content (AvgIpc) is 2.20. The molecular weight excluding hydrogens is 237 g/mol. The molecular formula is C12H6ClF3. The van der Waals surface area contributed by atoms with Crippen molar-refractivity contribution >= 4 is 11.6 Å². The first-order chi connectivity index (χ1) is 7.59. The van der Waals surface area contributed by atoms with Crippen molar-refractivity contribution < 1.29 is 13.2 Å². The highest BCUT2D eigenvalue weighted by Crippen LogP contribution is 2.32. The van der Waals surface area contributed by atoms with Gasteiger partial charge in [-0.05, 0) is 30.3 Å². The Balaban J connectivity index is 2.68. The topological polar surface area (TPSA) is 0 Å². The first-order valence-corrected chi connectivity index (χ1v) is 4.87. The van der Waals surface area contributed by atoms with Crippen molar-refractivity contribution in [3.63, 3.8) is 0 Å². The van der Waals surface area contributed by atoms with Crippen LogP contribution in [-0.4, -0.2) is 0 Å². The van der Waals surface area contributed by atoms with Gasteiger partial charge in [0.2, 0.25) is 0 Å². The van der Waals surface area contributed by atoms with Gasteiger partial charge in [-0.1, -0.05) is 17.7 Å². The largest absolute Gasteiger partial charge is 0.207 e. The summed E-state index contributed by atoms with van der Waals surface area (Å²) >= 11 is 5.73. The maximum atomic E-state index is 13.4. The molecule has 0 nitrogen and oxygen atoms in total. The summed E-state index contributed by atoms with van der Waals surface area (Å²) in [7, 11) is 0. The Morgan fingerprint density at radius 3 is 2.06 bits per heavy atom. The molecule has 0 aromatic heterocycles. The Labute approximate surface area is 95.3 Å². The van der Waals surface area contributed by atoms with E-state index in [2.05, 4.69) is 0 Å². The van der Waals surface area contributed by atoms with Crippen molar-refractivity contribution in [2.75, 3.05) is 0 Å². The zero-order valence-corrected chi connectivity index (χ0v) is 8.73. The molecule has 2 aromatic rings. The number of hydrogen-bond donors (Lipinski definition) is 0. The van der Waals surface area contributed by atoms with E-state index in [0.29, 0.717) is 0 Å². The monoisotopic (exact) mass is 242 g/mol. The van der Waals surface area contributed by atoms with Gasteiger partial charge in [0.25, 0.3) is 0 Å². The molecule has 4 heteroatoms.